The number of hydrogen-bond acceptors (Lipinski definition) is 5. The van der Waals surface area contributed by atoms with E-state index in [1.807, 2.05) is 43.3 Å². The predicted octanol–water partition coefficient (Wildman–Crippen LogP) is 3.55. The summed E-state index contributed by atoms with van der Waals surface area (Å²) in [7, 11) is -3.69. The Labute approximate surface area is 183 Å². The summed E-state index contributed by atoms with van der Waals surface area (Å²) in [5, 5.41) is 1.45. The lowest BCUT2D eigenvalue weighted by Gasteiger charge is -2.26. The molecular weight excluding hydrogens is 412 g/mol. The second-order valence-corrected chi connectivity index (χ2v) is 9.31. The molecule has 7 heteroatoms. The van der Waals surface area contributed by atoms with E-state index in [1.54, 1.807) is 12.1 Å². The van der Waals surface area contributed by atoms with Crippen LogP contribution in [0, 0.1) is 0 Å². The first-order chi connectivity index (χ1) is 15.1. The van der Waals surface area contributed by atoms with Crippen molar-refractivity contribution in [2.75, 3.05) is 32.9 Å². The molecule has 4 rings (SSSR count). The molecule has 1 fully saturated rings. The van der Waals surface area contributed by atoms with Gasteiger partial charge in [0, 0.05) is 37.0 Å². The SMILES string of the molecule is CCOc1ccc(S(=O)(=O)NCc2cccc(CN3CCOCC3)c2)c2ccccc12. The Kier molecular flexibility index (Phi) is 6.87. The maximum Gasteiger partial charge on any atom is 0.241 e. The summed E-state index contributed by atoms with van der Waals surface area (Å²) in [6.45, 7) is 6.87. The number of sulfonamides is 1. The summed E-state index contributed by atoms with van der Waals surface area (Å²) in [5.74, 6) is 0.688. The average Bonchev–Trinajstić information content (AvgIpc) is 2.79. The lowest BCUT2D eigenvalue weighted by Crippen LogP contribution is -2.35. The topological polar surface area (TPSA) is 67.9 Å². The molecule has 164 valence electrons. The highest BCUT2D eigenvalue weighted by Crippen LogP contribution is 2.31. The van der Waals surface area contributed by atoms with Gasteiger partial charge >= 0.3 is 0 Å². The third kappa shape index (κ3) is 5.25. The quantitative estimate of drug-likeness (QED) is 0.580. The van der Waals surface area contributed by atoms with Crippen LogP contribution in [-0.2, 0) is 27.8 Å². The van der Waals surface area contributed by atoms with Gasteiger partial charge in [-0.25, -0.2) is 13.1 Å². The fraction of sp³-hybridized carbons (Fsp3) is 0.333. The first-order valence-electron chi connectivity index (χ1n) is 10.6. The number of fused-ring (bicyclic) bond motifs is 1. The summed E-state index contributed by atoms with van der Waals surface area (Å²) in [6.07, 6.45) is 0. The van der Waals surface area contributed by atoms with Crippen LogP contribution in [0.3, 0.4) is 0 Å². The zero-order valence-electron chi connectivity index (χ0n) is 17.7. The summed E-state index contributed by atoms with van der Waals surface area (Å²) < 4.78 is 40.1. The third-order valence-corrected chi connectivity index (χ3v) is 6.86. The molecule has 0 atom stereocenters. The molecule has 0 bridgehead atoms. The van der Waals surface area contributed by atoms with Crippen molar-refractivity contribution in [3.05, 3.63) is 71.8 Å². The fourth-order valence-corrected chi connectivity index (χ4v) is 5.10. The fourth-order valence-electron chi connectivity index (χ4n) is 3.87. The molecular formula is C24H28N2O4S. The number of benzene rings is 3. The van der Waals surface area contributed by atoms with Crippen molar-refractivity contribution in [3.8, 4) is 5.75 Å². The summed E-state index contributed by atoms with van der Waals surface area (Å²) in [5.41, 5.74) is 2.11. The zero-order valence-corrected chi connectivity index (χ0v) is 18.5. The van der Waals surface area contributed by atoms with Gasteiger partial charge in [0.05, 0.1) is 24.7 Å². The van der Waals surface area contributed by atoms with Crippen LogP contribution in [0.1, 0.15) is 18.1 Å². The Bertz CT molecular complexity index is 1140. The Morgan fingerprint density at radius 2 is 1.71 bits per heavy atom. The second kappa shape index (κ2) is 9.78. The van der Waals surface area contributed by atoms with E-state index in [1.165, 1.54) is 5.56 Å². The van der Waals surface area contributed by atoms with Crippen molar-refractivity contribution in [2.45, 2.75) is 24.9 Å². The van der Waals surface area contributed by atoms with Crippen molar-refractivity contribution >= 4 is 20.8 Å². The molecule has 1 aliphatic rings. The standard InChI is InChI=1S/C24H28N2O4S/c1-2-30-23-10-11-24(22-9-4-3-8-21(22)23)31(27,28)25-17-19-6-5-7-20(16-19)18-26-12-14-29-15-13-26/h3-11,16,25H,2,12-15,17-18H2,1H3. The summed E-state index contributed by atoms with van der Waals surface area (Å²) in [6, 6.07) is 18.8. The first-order valence-corrected chi connectivity index (χ1v) is 12.1. The number of hydrogen-bond donors (Lipinski definition) is 1. The van der Waals surface area contributed by atoms with Gasteiger partial charge < -0.3 is 9.47 Å². The zero-order chi connectivity index (χ0) is 21.7. The highest BCUT2D eigenvalue weighted by molar-refractivity contribution is 7.89. The molecule has 0 unspecified atom stereocenters. The van der Waals surface area contributed by atoms with Crippen molar-refractivity contribution in [3.63, 3.8) is 0 Å². The van der Waals surface area contributed by atoms with E-state index in [0.717, 1.165) is 43.8 Å². The monoisotopic (exact) mass is 440 g/mol. The molecule has 0 saturated carbocycles. The van der Waals surface area contributed by atoms with E-state index in [-0.39, 0.29) is 11.4 Å². The van der Waals surface area contributed by atoms with E-state index in [2.05, 4.69) is 21.8 Å². The van der Waals surface area contributed by atoms with Gasteiger partial charge in [-0.1, -0.05) is 48.5 Å². The lowest BCUT2D eigenvalue weighted by atomic mass is 10.1. The van der Waals surface area contributed by atoms with Gasteiger partial charge in [-0.05, 0) is 30.2 Å². The van der Waals surface area contributed by atoms with Crippen molar-refractivity contribution < 1.29 is 17.9 Å². The third-order valence-electron chi connectivity index (χ3n) is 5.40. The van der Waals surface area contributed by atoms with Crippen LogP contribution in [0.2, 0.25) is 0 Å². The molecule has 0 aromatic heterocycles. The minimum absolute atomic E-state index is 0.237. The van der Waals surface area contributed by atoms with Gasteiger partial charge in [0.1, 0.15) is 5.75 Å². The Morgan fingerprint density at radius 3 is 2.48 bits per heavy atom. The van der Waals surface area contributed by atoms with Gasteiger partial charge in [0.2, 0.25) is 10.0 Å². The summed E-state index contributed by atoms with van der Waals surface area (Å²) >= 11 is 0. The normalized spacial score (nSPS) is 15.3. The lowest BCUT2D eigenvalue weighted by molar-refractivity contribution is 0.0342. The number of nitrogens with zero attached hydrogens (tertiary/aromatic N) is 1. The van der Waals surface area contributed by atoms with Gasteiger partial charge in [0.15, 0.2) is 0 Å². The molecule has 1 aliphatic heterocycles. The van der Waals surface area contributed by atoms with Crippen LogP contribution in [-0.4, -0.2) is 46.2 Å². The maximum absolute atomic E-state index is 13.1. The van der Waals surface area contributed by atoms with Crippen LogP contribution in [0.25, 0.3) is 10.8 Å². The highest BCUT2D eigenvalue weighted by Gasteiger charge is 2.19. The molecule has 0 amide bonds. The molecule has 31 heavy (non-hydrogen) atoms. The Hall–Kier alpha value is -2.45. The number of rotatable bonds is 8. The largest absolute Gasteiger partial charge is 0.493 e. The minimum Gasteiger partial charge on any atom is -0.493 e. The average molecular weight is 441 g/mol. The van der Waals surface area contributed by atoms with Crippen molar-refractivity contribution in [2.24, 2.45) is 0 Å². The van der Waals surface area contributed by atoms with Gasteiger partial charge in [0.25, 0.3) is 0 Å². The Balaban J connectivity index is 1.51. The van der Waals surface area contributed by atoms with Gasteiger partial charge in [-0.3, -0.25) is 4.90 Å². The van der Waals surface area contributed by atoms with Crippen LogP contribution >= 0.6 is 0 Å². The minimum atomic E-state index is -3.69. The van der Waals surface area contributed by atoms with E-state index in [0.29, 0.717) is 17.7 Å². The van der Waals surface area contributed by atoms with Gasteiger partial charge in [-0.15, -0.1) is 0 Å². The van der Waals surface area contributed by atoms with Crippen LogP contribution in [0.4, 0.5) is 0 Å². The number of morpholine rings is 1. The maximum atomic E-state index is 13.1. The first kappa shape index (κ1) is 21.8. The Morgan fingerprint density at radius 1 is 0.968 bits per heavy atom. The molecule has 1 saturated heterocycles. The van der Waals surface area contributed by atoms with Crippen LogP contribution in [0.5, 0.6) is 5.75 Å². The van der Waals surface area contributed by atoms with Crippen molar-refractivity contribution in [1.29, 1.82) is 0 Å². The van der Waals surface area contributed by atoms with E-state index in [9.17, 15) is 8.42 Å². The summed E-state index contributed by atoms with van der Waals surface area (Å²) in [4.78, 5) is 2.61. The van der Waals surface area contributed by atoms with E-state index in [4.69, 9.17) is 9.47 Å². The molecule has 6 nitrogen and oxygen atoms in total. The molecule has 0 aliphatic carbocycles. The van der Waals surface area contributed by atoms with E-state index < -0.39 is 10.0 Å². The van der Waals surface area contributed by atoms with Crippen LogP contribution in [0.15, 0.2) is 65.6 Å². The smallest absolute Gasteiger partial charge is 0.241 e. The van der Waals surface area contributed by atoms with Crippen LogP contribution < -0.4 is 9.46 Å². The number of ether oxygens (including phenoxy) is 2. The number of nitrogens with one attached hydrogen (secondary N) is 1. The highest BCUT2D eigenvalue weighted by atomic mass is 32.2. The van der Waals surface area contributed by atoms with E-state index >= 15 is 0 Å². The van der Waals surface area contributed by atoms with Gasteiger partial charge in [-0.2, -0.15) is 0 Å². The molecule has 0 radical (unpaired) electrons. The van der Waals surface area contributed by atoms with Crippen molar-refractivity contribution in [1.82, 2.24) is 9.62 Å². The molecule has 0 spiro atoms. The molecule has 1 N–H and O–H groups in total. The second-order valence-electron chi connectivity index (χ2n) is 7.57. The molecule has 3 aromatic carbocycles. The molecule has 3 aromatic rings. The molecule has 1 heterocycles. The predicted molar refractivity (Wildman–Crippen MR) is 122 cm³/mol.